The van der Waals surface area contributed by atoms with E-state index in [9.17, 15) is 0 Å². The lowest BCUT2D eigenvalue weighted by atomic mass is 10.2. The van der Waals surface area contributed by atoms with Gasteiger partial charge in [-0.1, -0.05) is 18.5 Å². The number of rotatable bonds is 4. The second-order valence-corrected chi connectivity index (χ2v) is 4.37. The molecule has 0 fully saturated rings. The molecule has 0 saturated carbocycles. The molecule has 0 aliphatic carbocycles. The van der Waals surface area contributed by atoms with Gasteiger partial charge in [0.1, 0.15) is 5.69 Å². The number of H-pyrrole nitrogens is 1. The van der Waals surface area contributed by atoms with Gasteiger partial charge in [-0.05, 0) is 18.0 Å². The van der Waals surface area contributed by atoms with Crippen molar-refractivity contribution in [2.45, 2.75) is 13.0 Å². The number of halogens is 1. The molecule has 80 valence electrons. The minimum Gasteiger partial charge on any atom is -0.304 e. The molecular weight excluding hydrogens is 232 g/mol. The third kappa shape index (κ3) is 2.19. The van der Waals surface area contributed by atoms with Gasteiger partial charge in [-0.15, -0.1) is 11.3 Å². The number of aromatic amines is 1. The number of nitrogens with one attached hydrogen (secondary N) is 2. The highest BCUT2D eigenvalue weighted by atomic mass is 35.5. The van der Waals surface area contributed by atoms with Crippen molar-refractivity contribution >= 4 is 22.9 Å². The van der Waals surface area contributed by atoms with E-state index >= 15 is 0 Å². The summed E-state index contributed by atoms with van der Waals surface area (Å²) in [6, 6.07) is 1.92. The lowest BCUT2D eigenvalue weighted by Gasteiger charge is -2.13. The molecule has 0 spiro atoms. The molecule has 6 heteroatoms. The summed E-state index contributed by atoms with van der Waals surface area (Å²) in [5.41, 5.74) is 0.862. The van der Waals surface area contributed by atoms with E-state index in [0.717, 1.165) is 22.1 Å². The van der Waals surface area contributed by atoms with E-state index in [1.165, 1.54) is 0 Å². The van der Waals surface area contributed by atoms with Crippen LogP contribution in [0.15, 0.2) is 17.6 Å². The van der Waals surface area contributed by atoms with Crippen molar-refractivity contribution in [1.29, 1.82) is 0 Å². The first-order valence-corrected chi connectivity index (χ1v) is 5.90. The number of nitrogens with zero attached hydrogens (tertiary/aromatic N) is 2. The molecule has 0 aromatic carbocycles. The summed E-state index contributed by atoms with van der Waals surface area (Å²) in [6.07, 6.45) is 1.71. The van der Waals surface area contributed by atoms with Crippen LogP contribution in [0.2, 0.25) is 5.02 Å². The van der Waals surface area contributed by atoms with Crippen LogP contribution in [0.25, 0.3) is 0 Å². The predicted octanol–water partition coefficient (Wildman–Crippen LogP) is 2.22. The molecule has 1 atom stereocenters. The Morgan fingerprint density at radius 2 is 2.53 bits per heavy atom. The summed E-state index contributed by atoms with van der Waals surface area (Å²) in [4.78, 5) is 1.08. The average molecular weight is 243 g/mol. The first kappa shape index (κ1) is 10.6. The van der Waals surface area contributed by atoms with E-state index in [1.54, 1.807) is 17.5 Å². The van der Waals surface area contributed by atoms with Gasteiger partial charge < -0.3 is 5.32 Å². The predicted molar refractivity (Wildman–Crippen MR) is 61.2 cm³/mol. The van der Waals surface area contributed by atoms with Crippen molar-refractivity contribution in [2.75, 3.05) is 6.54 Å². The highest BCUT2D eigenvalue weighted by molar-refractivity contribution is 7.10. The maximum absolute atomic E-state index is 6.10. The summed E-state index contributed by atoms with van der Waals surface area (Å²) in [6.45, 7) is 2.90. The molecule has 2 rings (SSSR count). The van der Waals surface area contributed by atoms with Crippen molar-refractivity contribution in [3.63, 3.8) is 0 Å². The SMILES string of the molecule is CCNC(c1cn[nH]n1)c1sccc1Cl. The van der Waals surface area contributed by atoms with Crippen LogP contribution < -0.4 is 5.32 Å². The highest BCUT2D eigenvalue weighted by Crippen LogP contribution is 2.31. The Kier molecular flexibility index (Phi) is 3.35. The van der Waals surface area contributed by atoms with Crippen LogP contribution in [0.4, 0.5) is 0 Å². The molecule has 1 unspecified atom stereocenters. The van der Waals surface area contributed by atoms with Crippen LogP contribution in [-0.4, -0.2) is 22.0 Å². The van der Waals surface area contributed by atoms with Crippen LogP contribution in [-0.2, 0) is 0 Å². The smallest absolute Gasteiger partial charge is 0.105 e. The third-order valence-electron chi connectivity index (χ3n) is 2.04. The lowest BCUT2D eigenvalue weighted by molar-refractivity contribution is 0.622. The second-order valence-electron chi connectivity index (χ2n) is 3.02. The highest BCUT2D eigenvalue weighted by Gasteiger charge is 2.19. The van der Waals surface area contributed by atoms with Gasteiger partial charge in [-0.3, -0.25) is 0 Å². The number of aromatic nitrogens is 3. The summed E-state index contributed by atoms with van der Waals surface area (Å²) < 4.78 is 0. The molecule has 2 aromatic rings. The van der Waals surface area contributed by atoms with Crippen LogP contribution in [0.1, 0.15) is 23.5 Å². The van der Waals surface area contributed by atoms with E-state index in [-0.39, 0.29) is 6.04 Å². The van der Waals surface area contributed by atoms with E-state index < -0.39 is 0 Å². The standard InChI is InChI=1S/C9H11ClN4S/c1-2-11-8(7-5-12-14-13-7)9-6(10)3-4-15-9/h3-5,8,11H,2H2,1H3,(H,12,13,14). The number of hydrogen-bond acceptors (Lipinski definition) is 4. The van der Waals surface area contributed by atoms with Crippen LogP contribution in [0, 0.1) is 0 Å². The van der Waals surface area contributed by atoms with Crippen molar-refractivity contribution in [3.8, 4) is 0 Å². The summed E-state index contributed by atoms with van der Waals surface area (Å²) in [5, 5.41) is 16.6. The van der Waals surface area contributed by atoms with Crippen LogP contribution in [0.3, 0.4) is 0 Å². The topological polar surface area (TPSA) is 53.6 Å². The van der Waals surface area contributed by atoms with Gasteiger partial charge in [-0.2, -0.15) is 15.4 Å². The molecule has 4 nitrogen and oxygen atoms in total. The van der Waals surface area contributed by atoms with Crippen molar-refractivity contribution in [3.05, 3.63) is 33.2 Å². The summed E-state index contributed by atoms with van der Waals surface area (Å²) in [7, 11) is 0. The zero-order valence-electron chi connectivity index (χ0n) is 8.20. The van der Waals surface area contributed by atoms with E-state index in [4.69, 9.17) is 11.6 Å². The molecule has 15 heavy (non-hydrogen) atoms. The molecule has 0 radical (unpaired) electrons. The van der Waals surface area contributed by atoms with Gasteiger partial charge in [0.25, 0.3) is 0 Å². The second kappa shape index (κ2) is 4.74. The van der Waals surface area contributed by atoms with Gasteiger partial charge in [0.05, 0.1) is 17.3 Å². The van der Waals surface area contributed by atoms with Crippen molar-refractivity contribution < 1.29 is 0 Å². The Hall–Kier alpha value is -0.910. The Balaban J connectivity index is 2.32. The molecule has 0 aliphatic rings. The number of hydrogen-bond donors (Lipinski definition) is 2. The largest absolute Gasteiger partial charge is 0.304 e. The zero-order valence-corrected chi connectivity index (χ0v) is 9.77. The normalized spacial score (nSPS) is 12.9. The van der Waals surface area contributed by atoms with Crippen LogP contribution in [0.5, 0.6) is 0 Å². The van der Waals surface area contributed by atoms with Gasteiger partial charge in [0.15, 0.2) is 0 Å². The molecule has 0 bridgehead atoms. The third-order valence-corrected chi connectivity index (χ3v) is 3.47. The Morgan fingerprint density at radius 1 is 1.67 bits per heavy atom. The molecule has 0 amide bonds. The average Bonchev–Trinajstić information content (AvgIpc) is 2.85. The number of thiophene rings is 1. The van der Waals surface area contributed by atoms with E-state index in [0.29, 0.717) is 0 Å². The Morgan fingerprint density at radius 3 is 3.07 bits per heavy atom. The fourth-order valence-corrected chi connectivity index (χ4v) is 2.65. The Labute approximate surface area is 96.7 Å². The monoisotopic (exact) mass is 242 g/mol. The van der Waals surface area contributed by atoms with E-state index in [2.05, 4.69) is 27.7 Å². The van der Waals surface area contributed by atoms with Gasteiger partial charge in [0, 0.05) is 4.88 Å². The van der Waals surface area contributed by atoms with E-state index in [1.807, 2.05) is 11.4 Å². The molecule has 2 N–H and O–H groups in total. The van der Waals surface area contributed by atoms with Crippen LogP contribution >= 0.6 is 22.9 Å². The first-order chi connectivity index (χ1) is 7.33. The molecule has 2 heterocycles. The summed E-state index contributed by atoms with van der Waals surface area (Å²) >= 11 is 7.72. The Bertz CT molecular complexity index is 411. The quantitative estimate of drug-likeness (QED) is 0.865. The van der Waals surface area contributed by atoms with Crippen molar-refractivity contribution in [2.24, 2.45) is 0 Å². The maximum Gasteiger partial charge on any atom is 0.105 e. The van der Waals surface area contributed by atoms with Gasteiger partial charge in [-0.25, -0.2) is 0 Å². The van der Waals surface area contributed by atoms with Gasteiger partial charge >= 0.3 is 0 Å². The van der Waals surface area contributed by atoms with Gasteiger partial charge in [0.2, 0.25) is 0 Å². The fraction of sp³-hybridized carbons (Fsp3) is 0.333. The molecule has 2 aromatic heterocycles. The first-order valence-electron chi connectivity index (χ1n) is 4.65. The minimum absolute atomic E-state index is 0.0289. The minimum atomic E-state index is 0.0289. The fourth-order valence-electron chi connectivity index (χ4n) is 1.40. The molecule has 0 saturated heterocycles. The van der Waals surface area contributed by atoms with Crippen molar-refractivity contribution in [1.82, 2.24) is 20.7 Å². The molecule has 0 aliphatic heterocycles. The molecular formula is C9H11ClN4S. The lowest BCUT2D eigenvalue weighted by Crippen LogP contribution is -2.21. The summed E-state index contributed by atoms with van der Waals surface area (Å²) in [5.74, 6) is 0. The zero-order chi connectivity index (χ0) is 10.7. The maximum atomic E-state index is 6.10.